The molecule has 2 N–H and O–H groups in total. The molecule has 30 heavy (non-hydrogen) atoms. The van der Waals surface area contributed by atoms with E-state index in [0.717, 1.165) is 51.3 Å². The van der Waals surface area contributed by atoms with Crippen molar-refractivity contribution in [1.29, 1.82) is 0 Å². The molecule has 1 saturated heterocycles. The molecule has 1 aromatic heterocycles. The fourth-order valence-electron chi connectivity index (χ4n) is 4.22. The van der Waals surface area contributed by atoms with Crippen LogP contribution in [0.25, 0.3) is 0 Å². The Morgan fingerprint density at radius 2 is 2.07 bits per heavy atom. The summed E-state index contributed by atoms with van der Waals surface area (Å²) >= 11 is 1.76. The third kappa shape index (κ3) is 7.66. The molecular formula is C22H38IN5OS. The molecular weight excluding hydrogens is 509 g/mol. The van der Waals surface area contributed by atoms with Gasteiger partial charge in [-0.1, -0.05) is 33.1 Å². The Labute approximate surface area is 202 Å². The average Bonchev–Trinajstić information content (AvgIpc) is 3.35. The molecule has 1 saturated carbocycles. The van der Waals surface area contributed by atoms with Crippen LogP contribution in [0, 0.1) is 11.8 Å². The summed E-state index contributed by atoms with van der Waals surface area (Å²) in [5.74, 6) is 2.09. The number of amides is 1. The summed E-state index contributed by atoms with van der Waals surface area (Å²) in [7, 11) is 0. The SMILES string of the molecule is CCNC(=NCc1cnc(CC(C)C)s1)NC1CCN(C(=O)C2CCCCC2)C1.I. The first kappa shape index (κ1) is 25.4. The molecule has 6 nitrogen and oxygen atoms in total. The van der Waals surface area contributed by atoms with Crippen LogP contribution < -0.4 is 10.6 Å². The van der Waals surface area contributed by atoms with Gasteiger partial charge in [0.05, 0.1) is 11.6 Å². The number of likely N-dealkylation sites (tertiary alicyclic amines) is 1. The van der Waals surface area contributed by atoms with Crippen molar-refractivity contribution in [2.24, 2.45) is 16.8 Å². The fourth-order valence-corrected chi connectivity index (χ4v) is 5.28. The van der Waals surface area contributed by atoms with Crippen molar-refractivity contribution in [3.8, 4) is 0 Å². The van der Waals surface area contributed by atoms with Crippen LogP contribution in [0.1, 0.15) is 69.2 Å². The number of aromatic nitrogens is 1. The molecule has 1 aliphatic heterocycles. The van der Waals surface area contributed by atoms with Crippen LogP contribution in [-0.2, 0) is 17.8 Å². The molecule has 0 bridgehead atoms. The van der Waals surface area contributed by atoms with Crippen molar-refractivity contribution in [3.05, 3.63) is 16.1 Å². The zero-order chi connectivity index (χ0) is 20.6. The molecule has 1 aliphatic carbocycles. The largest absolute Gasteiger partial charge is 0.357 e. The molecule has 2 fully saturated rings. The average molecular weight is 548 g/mol. The third-order valence-electron chi connectivity index (χ3n) is 5.72. The molecule has 1 atom stereocenters. The fraction of sp³-hybridized carbons (Fsp3) is 0.773. The lowest BCUT2D eigenvalue weighted by atomic mass is 9.88. The predicted octanol–water partition coefficient (Wildman–Crippen LogP) is 4.20. The van der Waals surface area contributed by atoms with Gasteiger partial charge >= 0.3 is 0 Å². The summed E-state index contributed by atoms with van der Waals surface area (Å²) in [6.07, 6.45) is 9.82. The summed E-state index contributed by atoms with van der Waals surface area (Å²) in [5, 5.41) is 8.08. The van der Waals surface area contributed by atoms with Gasteiger partial charge in [-0.2, -0.15) is 0 Å². The highest BCUT2D eigenvalue weighted by molar-refractivity contribution is 14.0. The highest BCUT2D eigenvalue weighted by Crippen LogP contribution is 2.26. The van der Waals surface area contributed by atoms with E-state index in [0.29, 0.717) is 18.4 Å². The lowest BCUT2D eigenvalue weighted by molar-refractivity contribution is -0.135. The number of carbonyl (C=O) groups is 1. The van der Waals surface area contributed by atoms with Crippen LogP contribution in [0.3, 0.4) is 0 Å². The van der Waals surface area contributed by atoms with Gasteiger partial charge in [0, 0.05) is 49.1 Å². The lowest BCUT2D eigenvalue weighted by Gasteiger charge is -2.26. The molecule has 1 unspecified atom stereocenters. The zero-order valence-electron chi connectivity index (χ0n) is 18.7. The van der Waals surface area contributed by atoms with Crippen molar-refractivity contribution in [2.75, 3.05) is 19.6 Å². The minimum Gasteiger partial charge on any atom is -0.357 e. The van der Waals surface area contributed by atoms with Crippen molar-refractivity contribution >= 4 is 47.2 Å². The van der Waals surface area contributed by atoms with Crippen LogP contribution in [0.2, 0.25) is 0 Å². The number of aliphatic imine (C=N–C) groups is 1. The van der Waals surface area contributed by atoms with Crippen molar-refractivity contribution in [3.63, 3.8) is 0 Å². The molecule has 8 heteroatoms. The molecule has 1 amide bonds. The summed E-state index contributed by atoms with van der Waals surface area (Å²) in [4.78, 5) is 25.3. The third-order valence-corrected chi connectivity index (χ3v) is 6.72. The number of nitrogens with zero attached hydrogens (tertiary/aromatic N) is 3. The highest BCUT2D eigenvalue weighted by Gasteiger charge is 2.31. The van der Waals surface area contributed by atoms with Gasteiger partial charge in [0.1, 0.15) is 0 Å². The van der Waals surface area contributed by atoms with Crippen LogP contribution in [0.5, 0.6) is 0 Å². The molecule has 2 aliphatic rings. The van der Waals surface area contributed by atoms with Crippen LogP contribution in [0.4, 0.5) is 0 Å². The van der Waals surface area contributed by atoms with Crippen LogP contribution in [-0.4, -0.2) is 47.4 Å². The number of guanidine groups is 1. The summed E-state index contributed by atoms with van der Waals surface area (Å²) in [6.45, 7) is 9.64. The van der Waals surface area contributed by atoms with E-state index in [9.17, 15) is 4.79 Å². The number of thiazole rings is 1. The second-order valence-electron chi connectivity index (χ2n) is 8.76. The number of hydrogen-bond acceptors (Lipinski definition) is 4. The normalized spacial score (nSPS) is 20.3. The van der Waals surface area contributed by atoms with E-state index in [2.05, 4.69) is 41.3 Å². The molecule has 0 aromatic carbocycles. The first-order chi connectivity index (χ1) is 14.0. The molecule has 3 rings (SSSR count). The van der Waals surface area contributed by atoms with E-state index in [1.54, 1.807) is 11.3 Å². The number of nitrogens with one attached hydrogen (secondary N) is 2. The Kier molecular flexibility index (Phi) is 10.8. The quantitative estimate of drug-likeness (QED) is 0.305. The van der Waals surface area contributed by atoms with Gasteiger partial charge in [0.2, 0.25) is 5.91 Å². The summed E-state index contributed by atoms with van der Waals surface area (Å²) in [5.41, 5.74) is 0. The zero-order valence-corrected chi connectivity index (χ0v) is 21.8. The molecule has 2 heterocycles. The van der Waals surface area contributed by atoms with Crippen LogP contribution in [0.15, 0.2) is 11.2 Å². The summed E-state index contributed by atoms with van der Waals surface area (Å²) in [6, 6.07) is 0.276. The maximum atomic E-state index is 12.8. The number of hydrogen-bond donors (Lipinski definition) is 2. The first-order valence-corrected chi connectivity index (χ1v) is 12.1. The highest BCUT2D eigenvalue weighted by atomic mass is 127. The monoisotopic (exact) mass is 547 g/mol. The number of halogens is 1. The van der Waals surface area contributed by atoms with Gasteiger partial charge in [-0.25, -0.2) is 9.98 Å². The van der Waals surface area contributed by atoms with Crippen molar-refractivity contribution < 1.29 is 4.79 Å². The van der Waals surface area contributed by atoms with Crippen molar-refractivity contribution in [2.45, 2.75) is 78.3 Å². The van der Waals surface area contributed by atoms with E-state index in [-0.39, 0.29) is 35.9 Å². The van der Waals surface area contributed by atoms with Gasteiger partial charge in [0.15, 0.2) is 5.96 Å². The standard InChI is InChI=1S/C22H37N5OS.HI/c1-4-23-22(25-14-19-13-24-20(29-19)12-16(2)3)26-18-10-11-27(15-18)21(28)17-8-6-5-7-9-17;/h13,16-18H,4-12,14-15H2,1-3H3,(H2,23,25,26);1H. The Morgan fingerprint density at radius 1 is 1.30 bits per heavy atom. The molecule has 0 radical (unpaired) electrons. The maximum absolute atomic E-state index is 12.8. The Hall–Kier alpha value is -0.900. The maximum Gasteiger partial charge on any atom is 0.225 e. The van der Waals surface area contributed by atoms with Gasteiger partial charge < -0.3 is 15.5 Å². The van der Waals surface area contributed by atoms with E-state index in [4.69, 9.17) is 4.99 Å². The van der Waals surface area contributed by atoms with E-state index in [1.807, 2.05) is 6.20 Å². The Balaban J connectivity index is 0.00000320. The van der Waals surface area contributed by atoms with Gasteiger partial charge in [-0.05, 0) is 32.1 Å². The smallest absolute Gasteiger partial charge is 0.225 e. The van der Waals surface area contributed by atoms with E-state index >= 15 is 0 Å². The number of rotatable bonds is 7. The Morgan fingerprint density at radius 3 is 2.77 bits per heavy atom. The number of carbonyl (C=O) groups excluding carboxylic acids is 1. The van der Waals surface area contributed by atoms with Gasteiger partial charge in [0.25, 0.3) is 0 Å². The molecule has 170 valence electrons. The van der Waals surface area contributed by atoms with Gasteiger partial charge in [-0.3, -0.25) is 4.79 Å². The lowest BCUT2D eigenvalue weighted by Crippen LogP contribution is -2.45. The van der Waals surface area contributed by atoms with Gasteiger partial charge in [-0.15, -0.1) is 35.3 Å². The minimum absolute atomic E-state index is 0. The van der Waals surface area contributed by atoms with E-state index < -0.39 is 0 Å². The van der Waals surface area contributed by atoms with E-state index in [1.165, 1.54) is 29.1 Å². The first-order valence-electron chi connectivity index (χ1n) is 11.3. The topological polar surface area (TPSA) is 69.6 Å². The van der Waals surface area contributed by atoms with Crippen LogP contribution >= 0.6 is 35.3 Å². The second kappa shape index (κ2) is 12.8. The summed E-state index contributed by atoms with van der Waals surface area (Å²) < 4.78 is 0. The minimum atomic E-state index is 0. The molecule has 0 spiro atoms. The molecule has 1 aromatic rings. The second-order valence-corrected chi connectivity index (χ2v) is 9.96. The van der Waals surface area contributed by atoms with Crippen molar-refractivity contribution in [1.82, 2.24) is 20.5 Å². The predicted molar refractivity (Wildman–Crippen MR) is 136 cm³/mol. The Bertz CT molecular complexity index is 687.